The molecule has 3 rings (SSSR count). The van der Waals surface area contributed by atoms with E-state index < -0.39 is 5.97 Å². The van der Waals surface area contributed by atoms with E-state index in [0.717, 1.165) is 0 Å². The molecule has 1 N–H and O–H groups in total. The maximum atomic E-state index is 10.5. The van der Waals surface area contributed by atoms with Crippen molar-refractivity contribution in [2.24, 2.45) is 0 Å². The van der Waals surface area contributed by atoms with Gasteiger partial charge in [-0.2, -0.15) is 9.46 Å². The van der Waals surface area contributed by atoms with Gasteiger partial charge in [0.2, 0.25) is 10.1 Å². The summed E-state index contributed by atoms with van der Waals surface area (Å²) in [6, 6.07) is 18.4. The van der Waals surface area contributed by atoms with E-state index in [1.165, 1.54) is 12.4 Å². The van der Waals surface area contributed by atoms with Gasteiger partial charge in [0.15, 0.2) is 12.4 Å². The Kier molecular flexibility index (Phi) is 16.6. The standard InChI is InChI=1S/C7H6O2.2C5H5NOS.Na.Zn/c8-7(9)6-4-2-1-3-5-6;2*7-6-4-2-1-3-5(6)8;;/h1-5H,(H,8,9);2*1-4,8H;;/q;;;+1;+2. The molecule has 0 spiro atoms. The summed E-state index contributed by atoms with van der Waals surface area (Å²) >= 11 is 7.70. The van der Waals surface area contributed by atoms with Crippen LogP contribution in [0.3, 0.4) is 0 Å². The minimum atomic E-state index is -0.879. The molecule has 10 heteroatoms. The van der Waals surface area contributed by atoms with Crippen LogP contribution in [0.15, 0.2) is 89.2 Å². The van der Waals surface area contributed by atoms with Crippen LogP contribution in [0.2, 0.25) is 0 Å². The molecule has 0 aliphatic heterocycles. The molecule has 0 unspecified atom stereocenters. The van der Waals surface area contributed by atoms with Crippen molar-refractivity contribution >= 4 is 31.2 Å². The maximum absolute atomic E-state index is 10.5. The molecule has 2 aromatic heterocycles. The molecule has 0 amide bonds. The van der Waals surface area contributed by atoms with E-state index in [0.29, 0.717) is 25.1 Å². The maximum Gasteiger partial charge on any atom is 2.00 e. The number of hydrogen-bond donors (Lipinski definition) is 3. The molecular weight excluding hydrogens is 449 g/mol. The molecule has 0 aliphatic carbocycles. The number of aromatic carboxylic acids is 1. The monoisotopic (exact) mass is 463 g/mol. The molecule has 6 nitrogen and oxygen atoms in total. The van der Waals surface area contributed by atoms with Crippen molar-refractivity contribution < 1.29 is 68.4 Å². The fourth-order valence-corrected chi connectivity index (χ4v) is 1.72. The van der Waals surface area contributed by atoms with E-state index in [1.807, 2.05) is 0 Å². The largest absolute Gasteiger partial charge is 2.00 e. The first-order chi connectivity index (χ1) is 11.9. The number of rotatable bonds is 1. The van der Waals surface area contributed by atoms with Crippen LogP contribution < -0.4 is 39.0 Å². The molecule has 2 heterocycles. The number of hydrogen-bond acceptors (Lipinski definition) is 5. The summed E-state index contributed by atoms with van der Waals surface area (Å²) in [4.78, 5) is 10.2. The van der Waals surface area contributed by atoms with Crippen LogP contribution in [0.4, 0.5) is 0 Å². The van der Waals surface area contributed by atoms with Gasteiger partial charge in [-0.1, -0.05) is 43.5 Å². The van der Waals surface area contributed by atoms with Gasteiger partial charge < -0.3 is 15.5 Å². The first-order valence-electron chi connectivity index (χ1n) is 6.94. The number of thiol groups is 2. The van der Waals surface area contributed by atoms with Crippen molar-refractivity contribution in [3.63, 3.8) is 0 Å². The Morgan fingerprint density at radius 3 is 1.37 bits per heavy atom. The Bertz CT molecular complexity index is 728. The third-order valence-electron chi connectivity index (χ3n) is 2.63. The van der Waals surface area contributed by atoms with Gasteiger partial charge in [0.1, 0.15) is 0 Å². The summed E-state index contributed by atoms with van der Waals surface area (Å²) in [6.07, 6.45) is 2.81. The van der Waals surface area contributed by atoms with Crippen molar-refractivity contribution in [3.8, 4) is 0 Å². The first-order valence-corrected chi connectivity index (χ1v) is 7.84. The number of pyridine rings is 2. The van der Waals surface area contributed by atoms with Gasteiger partial charge >= 0.3 is 55.0 Å². The third kappa shape index (κ3) is 12.1. The quantitative estimate of drug-likeness (QED) is 0.198. The SMILES string of the molecule is O=C(O)c1ccccc1.[Na+].[O-][n+]1ccccc1S.[O-][n+]1ccccc1S.[Zn+2]. The van der Waals surface area contributed by atoms with Crippen molar-refractivity contribution in [2.75, 3.05) is 0 Å². The zero-order valence-corrected chi connectivity index (χ0v) is 21.4. The molecule has 130 valence electrons. The topological polar surface area (TPSA) is 91.2 Å². The Morgan fingerprint density at radius 2 is 1.15 bits per heavy atom. The third-order valence-corrected chi connectivity index (χ3v) is 3.32. The molecule has 0 radical (unpaired) electrons. The minimum Gasteiger partial charge on any atom is -0.618 e. The van der Waals surface area contributed by atoms with Gasteiger partial charge in [0.25, 0.3) is 0 Å². The summed E-state index contributed by atoms with van der Waals surface area (Å²) in [7, 11) is 0. The fraction of sp³-hybridized carbons (Fsp3) is 0. The number of carboxylic acids is 1. The second-order valence-corrected chi connectivity index (χ2v) is 5.36. The number of carbonyl (C=O) groups is 1. The van der Waals surface area contributed by atoms with Crippen molar-refractivity contribution in [1.29, 1.82) is 0 Å². The number of benzene rings is 1. The van der Waals surface area contributed by atoms with Gasteiger partial charge in [-0.05, 0) is 24.3 Å². The average Bonchev–Trinajstić information content (AvgIpc) is 2.62. The smallest absolute Gasteiger partial charge is 0.618 e. The van der Waals surface area contributed by atoms with Gasteiger partial charge in [0.05, 0.1) is 5.56 Å². The molecule has 0 fully saturated rings. The van der Waals surface area contributed by atoms with Crippen molar-refractivity contribution in [3.05, 3.63) is 95.1 Å². The number of aromatic nitrogens is 2. The molecule has 27 heavy (non-hydrogen) atoms. The van der Waals surface area contributed by atoms with E-state index in [1.54, 1.807) is 66.7 Å². The Balaban J connectivity index is 0. The fourth-order valence-electron chi connectivity index (χ4n) is 1.42. The Labute approximate surface area is 203 Å². The molecule has 0 aliphatic rings. The Morgan fingerprint density at radius 1 is 0.778 bits per heavy atom. The van der Waals surface area contributed by atoms with Crippen molar-refractivity contribution in [1.82, 2.24) is 0 Å². The van der Waals surface area contributed by atoms with Crippen LogP contribution in [0.1, 0.15) is 10.4 Å². The zero-order chi connectivity index (χ0) is 18.7. The second-order valence-electron chi connectivity index (χ2n) is 4.44. The van der Waals surface area contributed by atoms with Crippen LogP contribution in [0, 0.1) is 10.4 Å². The Hall–Kier alpha value is -1.09. The number of nitrogens with zero attached hydrogens (tertiary/aromatic N) is 2. The molecule has 0 atom stereocenters. The summed E-state index contributed by atoms with van der Waals surface area (Å²) in [5, 5.41) is 30.2. The first kappa shape index (κ1) is 28.1. The summed E-state index contributed by atoms with van der Waals surface area (Å²) < 4.78 is 1.40. The van der Waals surface area contributed by atoms with E-state index in [4.69, 9.17) is 5.11 Å². The van der Waals surface area contributed by atoms with Crippen LogP contribution >= 0.6 is 25.3 Å². The summed E-state index contributed by atoms with van der Waals surface area (Å²) in [5.41, 5.74) is 0.331. The molecule has 0 bridgehead atoms. The van der Waals surface area contributed by atoms with Crippen LogP contribution in [0.5, 0.6) is 0 Å². The molecular formula is C17H16N2NaO4S2Zn+3. The minimum absolute atomic E-state index is 0. The van der Waals surface area contributed by atoms with Gasteiger partial charge in [-0.3, -0.25) is 0 Å². The van der Waals surface area contributed by atoms with Crippen molar-refractivity contribution in [2.45, 2.75) is 10.1 Å². The normalized spacial score (nSPS) is 8.37. The predicted octanol–water partition coefficient (Wildman–Crippen LogP) is -0.396. The second kappa shape index (κ2) is 15.9. The van der Waals surface area contributed by atoms with Gasteiger partial charge in [-0.25, -0.2) is 4.79 Å². The molecule has 1 aromatic carbocycles. The molecule has 0 saturated heterocycles. The summed E-state index contributed by atoms with van der Waals surface area (Å²) in [6.45, 7) is 0. The van der Waals surface area contributed by atoms with Gasteiger partial charge in [0, 0.05) is 24.3 Å². The zero-order valence-electron chi connectivity index (χ0n) is 14.7. The number of carboxylic acid groups (broad SMARTS) is 1. The van der Waals surface area contributed by atoms with E-state index in [2.05, 4.69) is 25.3 Å². The predicted molar refractivity (Wildman–Crippen MR) is 98.7 cm³/mol. The van der Waals surface area contributed by atoms with E-state index >= 15 is 0 Å². The van der Waals surface area contributed by atoms with Crippen LogP contribution in [-0.2, 0) is 19.5 Å². The molecule has 3 aromatic rings. The van der Waals surface area contributed by atoms with Crippen LogP contribution in [-0.4, -0.2) is 11.1 Å². The van der Waals surface area contributed by atoms with E-state index in [-0.39, 0.29) is 49.0 Å². The van der Waals surface area contributed by atoms with Gasteiger partial charge in [-0.15, -0.1) is 0 Å². The molecule has 0 saturated carbocycles. The average molecular weight is 465 g/mol. The van der Waals surface area contributed by atoms with Crippen LogP contribution in [0.25, 0.3) is 0 Å². The summed E-state index contributed by atoms with van der Waals surface area (Å²) in [5.74, 6) is -0.879. The van der Waals surface area contributed by atoms with E-state index in [9.17, 15) is 15.2 Å².